The molecule has 0 aliphatic carbocycles. The second-order valence-electron chi connectivity index (χ2n) is 4.58. The third-order valence-corrected chi connectivity index (χ3v) is 3.10. The molecule has 0 spiro atoms. The van der Waals surface area contributed by atoms with Crippen molar-refractivity contribution in [1.82, 2.24) is 4.98 Å². The molecular weight excluding hydrogens is 274 g/mol. The van der Waals surface area contributed by atoms with E-state index in [0.29, 0.717) is 16.5 Å². The van der Waals surface area contributed by atoms with Crippen molar-refractivity contribution in [2.24, 2.45) is 0 Å². The van der Waals surface area contributed by atoms with E-state index in [1.165, 1.54) is 0 Å². The molecule has 1 aromatic heterocycles. The van der Waals surface area contributed by atoms with Gasteiger partial charge in [-0.2, -0.15) is 0 Å². The number of pyridine rings is 1. The van der Waals surface area contributed by atoms with Crippen LogP contribution >= 0.6 is 11.6 Å². The molecule has 1 aromatic carbocycles. The first kappa shape index (κ1) is 14.5. The SMILES string of the molecule is CCC(C)Oc1cccc(Nc2ncc(Cl)cc2N)c1. The molecule has 0 amide bonds. The average molecular weight is 292 g/mol. The van der Waals surface area contributed by atoms with Gasteiger partial charge < -0.3 is 15.8 Å². The number of nitrogens with one attached hydrogen (secondary N) is 1. The molecule has 0 saturated carbocycles. The Morgan fingerprint density at radius 3 is 2.90 bits per heavy atom. The Hall–Kier alpha value is -1.94. The highest BCUT2D eigenvalue weighted by Gasteiger charge is 2.05. The molecule has 3 N–H and O–H groups in total. The van der Waals surface area contributed by atoms with Gasteiger partial charge in [0.2, 0.25) is 0 Å². The molecule has 4 nitrogen and oxygen atoms in total. The Morgan fingerprint density at radius 2 is 2.20 bits per heavy atom. The first-order valence-corrected chi connectivity index (χ1v) is 6.91. The second-order valence-corrected chi connectivity index (χ2v) is 5.02. The van der Waals surface area contributed by atoms with E-state index in [0.717, 1.165) is 17.9 Å². The minimum absolute atomic E-state index is 0.184. The largest absolute Gasteiger partial charge is 0.491 e. The lowest BCUT2D eigenvalue weighted by Gasteiger charge is -2.14. The van der Waals surface area contributed by atoms with Gasteiger partial charge in [0.25, 0.3) is 0 Å². The van der Waals surface area contributed by atoms with Gasteiger partial charge in [-0.1, -0.05) is 24.6 Å². The van der Waals surface area contributed by atoms with Crippen molar-refractivity contribution < 1.29 is 4.74 Å². The van der Waals surface area contributed by atoms with Gasteiger partial charge in [0, 0.05) is 18.0 Å². The van der Waals surface area contributed by atoms with Gasteiger partial charge >= 0.3 is 0 Å². The summed E-state index contributed by atoms with van der Waals surface area (Å²) in [6.45, 7) is 4.13. The highest BCUT2D eigenvalue weighted by atomic mass is 35.5. The number of hydrogen-bond donors (Lipinski definition) is 2. The Balaban J connectivity index is 2.15. The fourth-order valence-corrected chi connectivity index (χ4v) is 1.83. The van der Waals surface area contributed by atoms with E-state index in [9.17, 15) is 0 Å². The molecule has 0 saturated heterocycles. The predicted molar refractivity (Wildman–Crippen MR) is 83.8 cm³/mol. The van der Waals surface area contributed by atoms with E-state index >= 15 is 0 Å². The van der Waals surface area contributed by atoms with Crippen LogP contribution in [-0.4, -0.2) is 11.1 Å². The van der Waals surface area contributed by atoms with Crippen LogP contribution < -0.4 is 15.8 Å². The number of anilines is 3. The van der Waals surface area contributed by atoms with Crippen LogP contribution in [0.3, 0.4) is 0 Å². The van der Waals surface area contributed by atoms with E-state index in [4.69, 9.17) is 22.1 Å². The third kappa shape index (κ3) is 3.78. The lowest BCUT2D eigenvalue weighted by Crippen LogP contribution is -2.09. The molecule has 0 aliphatic heterocycles. The predicted octanol–water partition coefficient (Wildman–Crippen LogP) is 4.24. The van der Waals surface area contributed by atoms with E-state index in [1.54, 1.807) is 12.3 Å². The van der Waals surface area contributed by atoms with Gasteiger partial charge in [-0.25, -0.2) is 4.98 Å². The molecule has 2 rings (SSSR count). The zero-order valence-corrected chi connectivity index (χ0v) is 12.3. The molecule has 106 valence electrons. The topological polar surface area (TPSA) is 60.2 Å². The molecule has 5 heteroatoms. The number of nitrogens with zero attached hydrogens (tertiary/aromatic N) is 1. The number of aromatic nitrogens is 1. The number of ether oxygens (including phenoxy) is 1. The van der Waals surface area contributed by atoms with Gasteiger partial charge in [-0.3, -0.25) is 0 Å². The van der Waals surface area contributed by atoms with Crippen molar-refractivity contribution in [2.45, 2.75) is 26.4 Å². The van der Waals surface area contributed by atoms with Crippen LogP contribution in [0.5, 0.6) is 5.75 Å². The number of nitrogens with two attached hydrogens (primary N) is 1. The first-order valence-electron chi connectivity index (χ1n) is 6.53. The summed E-state index contributed by atoms with van der Waals surface area (Å²) in [5.74, 6) is 1.40. The van der Waals surface area contributed by atoms with E-state index in [1.807, 2.05) is 31.2 Å². The van der Waals surface area contributed by atoms with Crippen molar-refractivity contribution in [3.63, 3.8) is 0 Å². The van der Waals surface area contributed by atoms with E-state index in [2.05, 4.69) is 17.2 Å². The van der Waals surface area contributed by atoms with Crippen LogP contribution in [0.15, 0.2) is 36.5 Å². The van der Waals surface area contributed by atoms with Gasteiger partial charge in [0.15, 0.2) is 5.82 Å². The minimum Gasteiger partial charge on any atom is -0.491 e. The first-order chi connectivity index (χ1) is 9.58. The fraction of sp³-hybridized carbons (Fsp3) is 0.267. The number of nitrogen functional groups attached to an aromatic ring is 1. The van der Waals surface area contributed by atoms with Crippen molar-refractivity contribution in [3.8, 4) is 5.75 Å². The summed E-state index contributed by atoms with van der Waals surface area (Å²) < 4.78 is 5.78. The Morgan fingerprint density at radius 1 is 1.40 bits per heavy atom. The van der Waals surface area contributed by atoms with Gasteiger partial charge in [-0.15, -0.1) is 0 Å². The molecule has 0 aliphatic rings. The quantitative estimate of drug-likeness (QED) is 0.865. The maximum atomic E-state index is 5.87. The monoisotopic (exact) mass is 291 g/mol. The number of rotatable bonds is 5. The smallest absolute Gasteiger partial charge is 0.153 e. The van der Waals surface area contributed by atoms with Crippen LogP contribution in [0.2, 0.25) is 5.02 Å². The zero-order valence-electron chi connectivity index (χ0n) is 11.6. The van der Waals surface area contributed by atoms with Crippen LogP contribution in [0.1, 0.15) is 20.3 Å². The molecule has 1 heterocycles. The van der Waals surface area contributed by atoms with Crippen molar-refractivity contribution in [3.05, 3.63) is 41.6 Å². The molecule has 0 radical (unpaired) electrons. The molecule has 1 atom stereocenters. The Kier molecular flexibility index (Phi) is 4.69. The van der Waals surface area contributed by atoms with Gasteiger partial charge in [0.05, 0.1) is 16.8 Å². The lowest BCUT2D eigenvalue weighted by molar-refractivity contribution is 0.217. The van der Waals surface area contributed by atoms with Crippen LogP contribution in [0, 0.1) is 0 Å². The standard InChI is InChI=1S/C15H18ClN3O/c1-3-10(2)20-13-6-4-5-12(8-13)19-15-14(17)7-11(16)9-18-15/h4-10H,3,17H2,1-2H3,(H,18,19). The summed E-state index contributed by atoms with van der Waals surface area (Å²) in [5.41, 5.74) is 7.24. The fourth-order valence-electron chi connectivity index (χ4n) is 1.66. The maximum Gasteiger partial charge on any atom is 0.153 e. The summed E-state index contributed by atoms with van der Waals surface area (Å²) in [6.07, 6.45) is 2.70. The summed E-state index contributed by atoms with van der Waals surface area (Å²) in [4.78, 5) is 4.17. The van der Waals surface area contributed by atoms with E-state index in [-0.39, 0.29) is 6.10 Å². The number of halogens is 1. The summed E-state index contributed by atoms with van der Waals surface area (Å²) in [6, 6.07) is 9.36. The zero-order chi connectivity index (χ0) is 14.5. The molecule has 2 aromatic rings. The molecule has 1 unspecified atom stereocenters. The Labute approximate surface area is 123 Å². The number of hydrogen-bond acceptors (Lipinski definition) is 4. The summed E-state index contributed by atoms with van der Waals surface area (Å²) in [7, 11) is 0. The summed E-state index contributed by atoms with van der Waals surface area (Å²) >= 11 is 5.83. The molecule has 20 heavy (non-hydrogen) atoms. The lowest BCUT2D eigenvalue weighted by atomic mass is 10.2. The van der Waals surface area contributed by atoms with Crippen LogP contribution in [-0.2, 0) is 0 Å². The van der Waals surface area contributed by atoms with Crippen LogP contribution in [0.4, 0.5) is 17.2 Å². The van der Waals surface area contributed by atoms with Gasteiger partial charge in [0.1, 0.15) is 5.75 Å². The maximum absolute atomic E-state index is 5.87. The van der Waals surface area contributed by atoms with Crippen molar-refractivity contribution in [1.29, 1.82) is 0 Å². The average Bonchev–Trinajstić information content (AvgIpc) is 2.42. The normalized spacial score (nSPS) is 11.9. The summed E-state index contributed by atoms with van der Waals surface area (Å²) in [5, 5.41) is 3.67. The molecule has 0 fully saturated rings. The van der Waals surface area contributed by atoms with E-state index < -0.39 is 0 Å². The third-order valence-electron chi connectivity index (χ3n) is 2.89. The molecule has 0 bridgehead atoms. The molecular formula is C15H18ClN3O. The van der Waals surface area contributed by atoms with Crippen molar-refractivity contribution >= 4 is 28.8 Å². The number of benzene rings is 1. The highest BCUT2D eigenvalue weighted by molar-refractivity contribution is 6.30. The Bertz CT molecular complexity index is 589. The minimum atomic E-state index is 0.184. The van der Waals surface area contributed by atoms with Gasteiger partial charge in [-0.05, 0) is 31.5 Å². The second kappa shape index (κ2) is 6.48. The van der Waals surface area contributed by atoms with Crippen molar-refractivity contribution in [2.75, 3.05) is 11.1 Å². The highest BCUT2D eigenvalue weighted by Crippen LogP contribution is 2.26. The van der Waals surface area contributed by atoms with Crippen LogP contribution in [0.25, 0.3) is 0 Å².